The van der Waals surface area contributed by atoms with E-state index in [1.165, 1.54) is 0 Å². The van der Waals surface area contributed by atoms with E-state index in [0.29, 0.717) is 11.3 Å². The van der Waals surface area contributed by atoms with Crippen molar-refractivity contribution in [2.45, 2.75) is 19.4 Å². The van der Waals surface area contributed by atoms with Gasteiger partial charge in [-0.25, -0.2) is 9.69 Å². The maximum atomic E-state index is 12.6. The molecule has 0 unspecified atom stereocenters. The van der Waals surface area contributed by atoms with E-state index in [0.717, 1.165) is 10.6 Å². The highest BCUT2D eigenvalue weighted by Crippen LogP contribution is 2.25. The summed E-state index contributed by atoms with van der Waals surface area (Å²) in [7, 11) is 0. The number of carbonyl (C=O) groups excluding carboxylic acids is 3. The van der Waals surface area contributed by atoms with Gasteiger partial charge in [-0.3, -0.25) is 9.59 Å². The van der Waals surface area contributed by atoms with Gasteiger partial charge in [0.2, 0.25) is 5.91 Å². The van der Waals surface area contributed by atoms with Crippen molar-refractivity contribution in [2.75, 3.05) is 16.8 Å². The van der Waals surface area contributed by atoms with Crippen molar-refractivity contribution in [3.63, 3.8) is 0 Å². The summed E-state index contributed by atoms with van der Waals surface area (Å²) in [6.07, 6.45) is 0.0906. The van der Waals surface area contributed by atoms with E-state index in [1.807, 2.05) is 30.3 Å². The standard InChI is InChI=1S/C19H18N2O4/c1-2-25-19(24)13-8-10-15(11-9-13)21-17(22)12-16(18(21)23)20-14-6-4-3-5-7-14/h3-11,16,20H,2,12H2,1H3/t16-/m1/s1. The van der Waals surface area contributed by atoms with E-state index in [4.69, 9.17) is 4.74 Å². The van der Waals surface area contributed by atoms with Crippen LogP contribution >= 0.6 is 0 Å². The summed E-state index contributed by atoms with van der Waals surface area (Å²) in [6, 6.07) is 14.9. The summed E-state index contributed by atoms with van der Waals surface area (Å²) < 4.78 is 4.92. The Kier molecular flexibility index (Phi) is 4.79. The summed E-state index contributed by atoms with van der Waals surface area (Å²) >= 11 is 0. The van der Waals surface area contributed by atoms with E-state index >= 15 is 0 Å². The van der Waals surface area contributed by atoms with Crippen molar-refractivity contribution >= 4 is 29.2 Å². The number of ether oxygens (including phenoxy) is 1. The van der Waals surface area contributed by atoms with Gasteiger partial charge in [0, 0.05) is 5.69 Å². The number of nitrogens with zero attached hydrogens (tertiary/aromatic N) is 1. The fourth-order valence-electron chi connectivity index (χ4n) is 2.71. The minimum atomic E-state index is -0.598. The number of hydrogen-bond acceptors (Lipinski definition) is 5. The monoisotopic (exact) mass is 338 g/mol. The summed E-state index contributed by atoms with van der Waals surface area (Å²) in [6.45, 7) is 2.02. The molecule has 1 N–H and O–H groups in total. The van der Waals surface area contributed by atoms with Crippen LogP contribution in [0, 0.1) is 0 Å². The van der Waals surface area contributed by atoms with E-state index in [9.17, 15) is 14.4 Å². The first-order valence-corrected chi connectivity index (χ1v) is 8.05. The highest BCUT2D eigenvalue weighted by molar-refractivity contribution is 6.23. The van der Waals surface area contributed by atoms with Gasteiger partial charge in [-0.05, 0) is 43.3 Å². The normalized spacial score (nSPS) is 16.8. The smallest absolute Gasteiger partial charge is 0.338 e. The average Bonchev–Trinajstić information content (AvgIpc) is 2.90. The zero-order valence-electron chi connectivity index (χ0n) is 13.8. The van der Waals surface area contributed by atoms with Crippen LogP contribution in [0.2, 0.25) is 0 Å². The number of rotatable bonds is 5. The van der Waals surface area contributed by atoms with Crippen LogP contribution in [-0.2, 0) is 14.3 Å². The van der Waals surface area contributed by atoms with Crippen LogP contribution in [0.5, 0.6) is 0 Å². The van der Waals surface area contributed by atoms with Crippen molar-refractivity contribution in [1.29, 1.82) is 0 Å². The zero-order valence-corrected chi connectivity index (χ0v) is 13.8. The molecular formula is C19H18N2O4. The SMILES string of the molecule is CCOC(=O)c1ccc(N2C(=O)C[C@@H](Nc3ccccc3)C2=O)cc1. The first-order valence-electron chi connectivity index (χ1n) is 8.05. The molecule has 1 atom stereocenters. The van der Waals surface area contributed by atoms with Crippen LogP contribution in [0.1, 0.15) is 23.7 Å². The Morgan fingerprint density at radius 2 is 1.80 bits per heavy atom. The van der Waals surface area contributed by atoms with Gasteiger partial charge in [-0.1, -0.05) is 18.2 Å². The number of benzene rings is 2. The number of anilines is 2. The lowest BCUT2D eigenvalue weighted by atomic mass is 10.2. The predicted molar refractivity (Wildman–Crippen MR) is 93.4 cm³/mol. The van der Waals surface area contributed by atoms with Crippen molar-refractivity contribution in [1.82, 2.24) is 0 Å². The molecule has 3 rings (SSSR count). The highest BCUT2D eigenvalue weighted by Gasteiger charge is 2.39. The third-order valence-electron chi connectivity index (χ3n) is 3.90. The summed E-state index contributed by atoms with van der Waals surface area (Å²) in [5, 5.41) is 3.08. The topological polar surface area (TPSA) is 75.7 Å². The molecule has 0 saturated carbocycles. The third kappa shape index (κ3) is 3.52. The Morgan fingerprint density at radius 1 is 1.12 bits per heavy atom. The van der Waals surface area contributed by atoms with Gasteiger partial charge >= 0.3 is 5.97 Å². The zero-order chi connectivity index (χ0) is 17.8. The predicted octanol–water partition coefficient (Wildman–Crippen LogP) is 2.61. The minimum absolute atomic E-state index is 0.0906. The molecule has 128 valence electrons. The van der Waals surface area contributed by atoms with Crippen LogP contribution in [0.4, 0.5) is 11.4 Å². The van der Waals surface area contributed by atoms with Crippen LogP contribution in [0.3, 0.4) is 0 Å². The second-order valence-electron chi connectivity index (χ2n) is 5.60. The van der Waals surface area contributed by atoms with Crippen LogP contribution in [0.25, 0.3) is 0 Å². The fourth-order valence-corrected chi connectivity index (χ4v) is 2.71. The van der Waals surface area contributed by atoms with Crippen molar-refractivity contribution in [3.8, 4) is 0 Å². The summed E-state index contributed by atoms with van der Waals surface area (Å²) in [5.41, 5.74) is 1.61. The Balaban J connectivity index is 1.75. The molecule has 1 heterocycles. The number of carbonyl (C=O) groups is 3. The van der Waals surface area contributed by atoms with Gasteiger partial charge in [0.25, 0.3) is 5.91 Å². The molecule has 25 heavy (non-hydrogen) atoms. The van der Waals surface area contributed by atoms with Crippen LogP contribution < -0.4 is 10.2 Å². The molecule has 1 fully saturated rings. The summed E-state index contributed by atoms with van der Waals surface area (Å²) in [5.74, 6) is -1.02. The first kappa shape index (κ1) is 16.7. The number of hydrogen-bond donors (Lipinski definition) is 1. The molecule has 6 nitrogen and oxygen atoms in total. The molecule has 1 aliphatic rings. The largest absolute Gasteiger partial charge is 0.462 e. The molecule has 2 aromatic carbocycles. The highest BCUT2D eigenvalue weighted by atomic mass is 16.5. The van der Waals surface area contributed by atoms with E-state index < -0.39 is 12.0 Å². The number of para-hydroxylation sites is 1. The van der Waals surface area contributed by atoms with E-state index in [1.54, 1.807) is 31.2 Å². The maximum Gasteiger partial charge on any atom is 0.338 e. The molecule has 1 aliphatic heterocycles. The van der Waals surface area contributed by atoms with Crippen molar-refractivity contribution < 1.29 is 19.1 Å². The first-order chi connectivity index (χ1) is 12.1. The van der Waals surface area contributed by atoms with E-state index in [2.05, 4.69) is 5.32 Å². The fraction of sp³-hybridized carbons (Fsp3) is 0.211. The molecule has 0 spiro atoms. The molecule has 6 heteroatoms. The minimum Gasteiger partial charge on any atom is -0.462 e. The Bertz CT molecular complexity index is 787. The summed E-state index contributed by atoms with van der Waals surface area (Å²) in [4.78, 5) is 37.7. The van der Waals surface area contributed by atoms with Crippen molar-refractivity contribution in [2.24, 2.45) is 0 Å². The number of nitrogens with one attached hydrogen (secondary N) is 1. The van der Waals surface area contributed by atoms with Crippen LogP contribution in [0.15, 0.2) is 54.6 Å². The number of esters is 1. The van der Waals surface area contributed by atoms with Gasteiger partial charge in [-0.15, -0.1) is 0 Å². The number of imide groups is 1. The third-order valence-corrected chi connectivity index (χ3v) is 3.90. The Morgan fingerprint density at radius 3 is 2.44 bits per heavy atom. The lowest BCUT2D eigenvalue weighted by Crippen LogP contribution is -2.34. The van der Waals surface area contributed by atoms with Crippen molar-refractivity contribution in [3.05, 3.63) is 60.2 Å². The van der Waals surface area contributed by atoms with Gasteiger partial charge in [0.1, 0.15) is 6.04 Å². The Hall–Kier alpha value is -3.15. The average molecular weight is 338 g/mol. The molecule has 0 radical (unpaired) electrons. The number of amides is 2. The van der Waals surface area contributed by atoms with Crippen LogP contribution in [-0.4, -0.2) is 30.4 Å². The lowest BCUT2D eigenvalue weighted by Gasteiger charge is -2.16. The quantitative estimate of drug-likeness (QED) is 0.670. The van der Waals surface area contributed by atoms with Gasteiger partial charge < -0.3 is 10.1 Å². The molecule has 0 aliphatic carbocycles. The molecule has 0 aromatic heterocycles. The van der Waals surface area contributed by atoms with Gasteiger partial charge in [0.15, 0.2) is 0 Å². The second kappa shape index (κ2) is 7.17. The molecule has 2 aromatic rings. The Labute approximate surface area is 145 Å². The van der Waals surface area contributed by atoms with Gasteiger partial charge in [0.05, 0.1) is 24.3 Å². The second-order valence-corrected chi connectivity index (χ2v) is 5.60. The molecule has 1 saturated heterocycles. The lowest BCUT2D eigenvalue weighted by molar-refractivity contribution is -0.121. The maximum absolute atomic E-state index is 12.6. The molecule has 0 bridgehead atoms. The van der Waals surface area contributed by atoms with Gasteiger partial charge in [-0.2, -0.15) is 0 Å². The van der Waals surface area contributed by atoms with E-state index in [-0.39, 0.29) is 24.8 Å². The molecule has 2 amide bonds. The molecular weight excluding hydrogens is 320 g/mol.